The minimum absolute atomic E-state index is 0.0356. The summed E-state index contributed by atoms with van der Waals surface area (Å²) in [4.78, 5) is 0.163. The molecule has 3 aromatic carbocycles. The maximum absolute atomic E-state index is 12.5. The number of aryl methyl sites for hydroxylation is 1. The molecule has 0 atom stereocenters. The Bertz CT molecular complexity index is 1140. The average molecular weight is 402 g/mol. The maximum Gasteiger partial charge on any atom is 0.261 e. The highest BCUT2D eigenvalue weighted by molar-refractivity contribution is 7.93. The van der Waals surface area contributed by atoms with E-state index in [9.17, 15) is 16.8 Å². The molecule has 6 nitrogen and oxygen atoms in total. The molecule has 0 fully saturated rings. The van der Waals surface area contributed by atoms with Crippen molar-refractivity contribution in [2.24, 2.45) is 0 Å². The molecule has 0 aliphatic heterocycles. The van der Waals surface area contributed by atoms with Crippen molar-refractivity contribution in [1.82, 2.24) is 0 Å². The van der Waals surface area contributed by atoms with Crippen molar-refractivity contribution in [3.8, 4) is 0 Å². The van der Waals surface area contributed by atoms with Gasteiger partial charge in [0.05, 0.1) is 15.5 Å². The van der Waals surface area contributed by atoms with Crippen LogP contribution in [-0.4, -0.2) is 16.8 Å². The van der Waals surface area contributed by atoms with Gasteiger partial charge >= 0.3 is 0 Å². The zero-order chi connectivity index (χ0) is 19.5. The van der Waals surface area contributed by atoms with Gasteiger partial charge in [-0.1, -0.05) is 36.4 Å². The number of hydrogen-bond donors (Lipinski definition) is 2. The van der Waals surface area contributed by atoms with E-state index >= 15 is 0 Å². The smallest absolute Gasteiger partial charge is 0.261 e. The molecule has 2 N–H and O–H groups in total. The molecule has 0 heterocycles. The fourth-order valence-corrected chi connectivity index (χ4v) is 4.62. The van der Waals surface area contributed by atoms with Gasteiger partial charge in [0.15, 0.2) is 0 Å². The van der Waals surface area contributed by atoms with Crippen LogP contribution < -0.4 is 9.44 Å². The molecule has 8 heteroatoms. The molecule has 0 spiro atoms. The summed E-state index contributed by atoms with van der Waals surface area (Å²) in [6.45, 7) is 1.80. The van der Waals surface area contributed by atoms with Gasteiger partial charge in [0.2, 0.25) is 0 Å². The Hall–Kier alpha value is -2.84. The first-order chi connectivity index (χ1) is 12.8. The van der Waals surface area contributed by atoms with Crippen molar-refractivity contribution in [1.29, 1.82) is 0 Å². The number of nitrogens with one attached hydrogen (secondary N) is 2. The van der Waals surface area contributed by atoms with Crippen LogP contribution in [0.4, 0.5) is 11.4 Å². The van der Waals surface area contributed by atoms with Crippen molar-refractivity contribution in [3.63, 3.8) is 0 Å². The zero-order valence-electron chi connectivity index (χ0n) is 14.5. The summed E-state index contributed by atoms with van der Waals surface area (Å²) in [5.41, 5.74) is 1.56. The fraction of sp³-hybridized carbons (Fsp3) is 0.0526. The second-order valence-corrected chi connectivity index (χ2v) is 9.23. The second kappa shape index (κ2) is 7.42. The lowest BCUT2D eigenvalue weighted by molar-refractivity contribution is 0.600. The van der Waals surface area contributed by atoms with Crippen LogP contribution >= 0.6 is 0 Å². The van der Waals surface area contributed by atoms with Gasteiger partial charge < -0.3 is 0 Å². The number of para-hydroxylation sites is 1. The standard InChI is InChI=1S/C19H18N2O4S2/c1-15-7-5-6-10-19(15)21-27(24,25)18-13-11-16(12-14-18)20-26(22,23)17-8-3-2-4-9-17/h2-14,20-21H,1H3. The third kappa shape index (κ3) is 4.47. The van der Waals surface area contributed by atoms with Crippen molar-refractivity contribution in [2.75, 3.05) is 9.44 Å². The molecule has 0 unspecified atom stereocenters. The monoisotopic (exact) mass is 402 g/mol. The van der Waals surface area contributed by atoms with Crippen LogP contribution in [0.2, 0.25) is 0 Å². The number of benzene rings is 3. The van der Waals surface area contributed by atoms with Gasteiger partial charge in [-0.15, -0.1) is 0 Å². The second-order valence-electron chi connectivity index (χ2n) is 5.86. The lowest BCUT2D eigenvalue weighted by Gasteiger charge is -2.12. The molecule has 0 amide bonds. The highest BCUT2D eigenvalue weighted by atomic mass is 32.2. The van der Waals surface area contributed by atoms with Crippen molar-refractivity contribution in [2.45, 2.75) is 16.7 Å². The molecule has 0 saturated heterocycles. The molecule has 3 aromatic rings. The van der Waals surface area contributed by atoms with E-state index in [1.807, 2.05) is 6.07 Å². The molecule has 27 heavy (non-hydrogen) atoms. The Morgan fingerprint density at radius 2 is 1.11 bits per heavy atom. The molecule has 0 saturated carbocycles. The van der Waals surface area contributed by atoms with Crippen LogP contribution in [0.5, 0.6) is 0 Å². The summed E-state index contributed by atoms with van der Waals surface area (Å²) in [7, 11) is -7.51. The lowest BCUT2D eigenvalue weighted by Crippen LogP contribution is -2.15. The summed E-state index contributed by atoms with van der Waals surface area (Å²) in [6, 6.07) is 20.5. The van der Waals surface area contributed by atoms with Gasteiger partial charge in [0.25, 0.3) is 20.0 Å². The summed E-state index contributed by atoms with van der Waals surface area (Å²) < 4.78 is 54.6. The van der Waals surface area contributed by atoms with Crippen LogP contribution in [0.15, 0.2) is 88.7 Å². The predicted octanol–water partition coefficient (Wildman–Crippen LogP) is 3.60. The van der Waals surface area contributed by atoms with Crippen molar-refractivity contribution in [3.05, 3.63) is 84.4 Å². The van der Waals surface area contributed by atoms with E-state index in [2.05, 4.69) is 9.44 Å². The molecular formula is C19H18N2O4S2. The van der Waals surface area contributed by atoms with Crippen molar-refractivity contribution < 1.29 is 16.8 Å². The first-order valence-corrected chi connectivity index (χ1v) is 11.0. The molecule has 0 aliphatic rings. The minimum atomic E-state index is -3.78. The third-order valence-corrected chi connectivity index (χ3v) is 6.64. The van der Waals surface area contributed by atoms with E-state index in [-0.39, 0.29) is 15.5 Å². The number of sulfonamides is 2. The Labute approximate surface area is 159 Å². The fourth-order valence-electron chi connectivity index (χ4n) is 2.41. The summed E-state index contributed by atoms with van der Waals surface area (Å²) in [6.07, 6.45) is 0. The van der Waals surface area contributed by atoms with Crippen LogP contribution in [0.1, 0.15) is 5.56 Å². The highest BCUT2D eigenvalue weighted by Crippen LogP contribution is 2.22. The van der Waals surface area contributed by atoms with Crippen molar-refractivity contribution >= 4 is 31.4 Å². The van der Waals surface area contributed by atoms with E-state index < -0.39 is 20.0 Å². The van der Waals surface area contributed by atoms with Gasteiger partial charge in [-0.05, 0) is 55.0 Å². The van der Waals surface area contributed by atoms with Gasteiger partial charge in [-0.2, -0.15) is 0 Å². The number of hydrogen-bond acceptors (Lipinski definition) is 4. The van der Waals surface area contributed by atoms with E-state index in [0.29, 0.717) is 5.69 Å². The van der Waals surface area contributed by atoms with Crippen LogP contribution in [0.25, 0.3) is 0 Å². The average Bonchev–Trinajstić information content (AvgIpc) is 2.64. The zero-order valence-corrected chi connectivity index (χ0v) is 16.1. The SMILES string of the molecule is Cc1ccccc1NS(=O)(=O)c1ccc(NS(=O)(=O)c2ccccc2)cc1. The lowest BCUT2D eigenvalue weighted by atomic mass is 10.2. The Morgan fingerprint density at radius 3 is 1.74 bits per heavy atom. The van der Waals surface area contributed by atoms with E-state index in [0.717, 1.165) is 5.56 Å². The highest BCUT2D eigenvalue weighted by Gasteiger charge is 2.17. The normalized spacial score (nSPS) is 11.7. The Morgan fingerprint density at radius 1 is 0.593 bits per heavy atom. The molecule has 0 bridgehead atoms. The molecule has 0 aromatic heterocycles. The molecule has 0 radical (unpaired) electrons. The van der Waals surface area contributed by atoms with E-state index in [1.54, 1.807) is 43.3 Å². The third-order valence-electron chi connectivity index (χ3n) is 3.86. The first-order valence-electron chi connectivity index (χ1n) is 8.04. The quantitative estimate of drug-likeness (QED) is 0.659. The Kier molecular flexibility index (Phi) is 5.20. The first kappa shape index (κ1) is 18.9. The Balaban J connectivity index is 1.80. The minimum Gasteiger partial charge on any atom is -0.280 e. The topological polar surface area (TPSA) is 92.3 Å². The van der Waals surface area contributed by atoms with E-state index in [4.69, 9.17) is 0 Å². The van der Waals surface area contributed by atoms with E-state index in [1.165, 1.54) is 36.4 Å². The van der Waals surface area contributed by atoms with Crippen LogP contribution in [0, 0.1) is 6.92 Å². The largest absolute Gasteiger partial charge is 0.280 e. The molecule has 140 valence electrons. The van der Waals surface area contributed by atoms with Gasteiger partial charge in [-0.3, -0.25) is 9.44 Å². The maximum atomic E-state index is 12.5. The molecule has 3 rings (SSSR count). The van der Waals surface area contributed by atoms with Gasteiger partial charge in [0, 0.05) is 5.69 Å². The molecular weight excluding hydrogens is 384 g/mol. The summed E-state index contributed by atoms with van der Waals surface area (Å²) in [5, 5.41) is 0. The molecule has 0 aliphatic carbocycles. The van der Waals surface area contributed by atoms with Gasteiger partial charge in [-0.25, -0.2) is 16.8 Å². The summed E-state index contributed by atoms with van der Waals surface area (Å²) >= 11 is 0. The van der Waals surface area contributed by atoms with Crippen LogP contribution in [0.3, 0.4) is 0 Å². The number of rotatable bonds is 6. The van der Waals surface area contributed by atoms with Gasteiger partial charge in [0.1, 0.15) is 0 Å². The predicted molar refractivity (Wildman–Crippen MR) is 106 cm³/mol. The number of anilines is 2. The van der Waals surface area contributed by atoms with Crippen LogP contribution in [-0.2, 0) is 20.0 Å². The summed E-state index contributed by atoms with van der Waals surface area (Å²) in [5.74, 6) is 0.